The number of carbonyl (C=O) groups excluding carboxylic acids is 1. The predicted molar refractivity (Wildman–Crippen MR) is 78.9 cm³/mol. The van der Waals surface area contributed by atoms with Crippen molar-refractivity contribution in [1.82, 2.24) is 15.0 Å². The maximum absolute atomic E-state index is 12.0. The molecular formula is C15H25N3O3. The van der Waals surface area contributed by atoms with Gasteiger partial charge in [-0.2, -0.15) is 0 Å². The average molecular weight is 295 g/mol. The molecule has 1 aromatic rings. The standard InChI is InChI=1S/C15H25N3O3/c1-10(2)13-7-12(21-16-13)9-18-8-11(17(3)4)6-14(18)15(19)20-5/h7,10-11,14H,6,8-9H2,1-5H3/t11-,14+/m1/s1. The van der Waals surface area contributed by atoms with Gasteiger partial charge in [-0.15, -0.1) is 0 Å². The molecule has 0 N–H and O–H groups in total. The Bertz CT molecular complexity index is 484. The molecule has 0 unspecified atom stereocenters. The van der Waals surface area contributed by atoms with Gasteiger partial charge >= 0.3 is 5.97 Å². The number of aromatic nitrogens is 1. The van der Waals surface area contributed by atoms with Gasteiger partial charge < -0.3 is 14.2 Å². The highest BCUT2D eigenvalue weighted by molar-refractivity contribution is 5.76. The summed E-state index contributed by atoms with van der Waals surface area (Å²) in [5, 5.41) is 4.07. The lowest BCUT2D eigenvalue weighted by Crippen LogP contribution is -2.36. The minimum atomic E-state index is -0.213. The minimum Gasteiger partial charge on any atom is -0.468 e. The van der Waals surface area contributed by atoms with E-state index in [1.807, 2.05) is 20.2 Å². The van der Waals surface area contributed by atoms with Crippen molar-refractivity contribution in [1.29, 1.82) is 0 Å². The molecule has 1 fully saturated rings. The van der Waals surface area contributed by atoms with E-state index in [1.165, 1.54) is 7.11 Å². The average Bonchev–Trinajstić information content (AvgIpc) is 3.05. The Balaban J connectivity index is 2.09. The van der Waals surface area contributed by atoms with Crippen molar-refractivity contribution in [2.75, 3.05) is 27.7 Å². The molecule has 118 valence electrons. The molecule has 1 aromatic heterocycles. The molecular weight excluding hydrogens is 270 g/mol. The first-order chi connectivity index (χ1) is 9.92. The normalized spacial score (nSPS) is 23.2. The molecule has 1 aliphatic rings. The first-order valence-corrected chi connectivity index (χ1v) is 7.36. The van der Waals surface area contributed by atoms with Crippen molar-refractivity contribution in [3.63, 3.8) is 0 Å². The number of ether oxygens (including phenoxy) is 1. The molecule has 2 rings (SSSR count). The van der Waals surface area contributed by atoms with E-state index in [0.717, 1.165) is 24.4 Å². The van der Waals surface area contributed by atoms with Crippen LogP contribution in [0.4, 0.5) is 0 Å². The van der Waals surface area contributed by atoms with Gasteiger partial charge in [0.2, 0.25) is 0 Å². The Morgan fingerprint density at radius 3 is 2.81 bits per heavy atom. The highest BCUT2D eigenvalue weighted by Crippen LogP contribution is 2.25. The molecule has 1 aliphatic heterocycles. The van der Waals surface area contributed by atoms with Crippen LogP contribution in [0.2, 0.25) is 0 Å². The molecule has 2 atom stereocenters. The zero-order valence-electron chi connectivity index (χ0n) is 13.5. The van der Waals surface area contributed by atoms with E-state index in [9.17, 15) is 4.79 Å². The van der Waals surface area contributed by atoms with E-state index in [1.54, 1.807) is 0 Å². The van der Waals surface area contributed by atoms with Crippen molar-refractivity contribution in [2.45, 2.75) is 44.8 Å². The van der Waals surface area contributed by atoms with Crippen molar-refractivity contribution >= 4 is 5.97 Å². The number of methoxy groups -OCH3 is 1. The number of hydrogen-bond acceptors (Lipinski definition) is 6. The number of esters is 1. The first kappa shape index (κ1) is 16.0. The molecule has 0 saturated carbocycles. The summed E-state index contributed by atoms with van der Waals surface area (Å²) in [7, 11) is 5.51. The van der Waals surface area contributed by atoms with E-state index >= 15 is 0 Å². The van der Waals surface area contributed by atoms with Gasteiger partial charge in [-0.3, -0.25) is 9.69 Å². The van der Waals surface area contributed by atoms with Gasteiger partial charge in [-0.05, 0) is 26.4 Å². The van der Waals surface area contributed by atoms with Crippen LogP contribution in [0.3, 0.4) is 0 Å². The Morgan fingerprint density at radius 2 is 2.29 bits per heavy atom. The SMILES string of the molecule is COC(=O)[C@@H]1C[C@@H](N(C)C)CN1Cc1cc(C(C)C)no1. The molecule has 0 aromatic carbocycles. The number of likely N-dealkylation sites (N-methyl/N-ethyl adjacent to an activating group) is 1. The maximum atomic E-state index is 12.0. The number of hydrogen-bond donors (Lipinski definition) is 0. The number of carbonyl (C=O) groups is 1. The van der Waals surface area contributed by atoms with Crippen LogP contribution in [0.1, 0.15) is 37.6 Å². The van der Waals surface area contributed by atoms with E-state index in [4.69, 9.17) is 9.26 Å². The first-order valence-electron chi connectivity index (χ1n) is 7.36. The second-order valence-electron chi connectivity index (χ2n) is 6.19. The zero-order valence-corrected chi connectivity index (χ0v) is 13.5. The maximum Gasteiger partial charge on any atom is 0.323 e. The third kappa shape index (κ3) is 3.63. The Morgan fingerprint density at radius 1 is 1.57 bits per heavy atom. The molecule has 0 spiro atoms. The van der Waals surface area contributed by atoms with E-state index < -0.39 is 0 Å². The quantitative estimate of drug-likeness (QED) is 0.767. The fourth-order valence-corrected chi connectivity index (χ4v) is 2.69. The number of nitrogens with zero attached hydrogens (tertiary/aromatic N) is 3. The van der Waals surface area contributed by atoms with Crippen molar-refractivity contribution in [3.05, 3.63) is 17.5 Å². The molecule has 0 aliphatic carbocycles. The van der Waals surface area contributed by atoms with Gasteiger partial charge in [0.25, 0.3) is 0 Å². The van der Waals surface area contributed by atoms with Gasteiger partial charge in [0.05, 0.1) is 19.3 Å². The summed E-state index contributed by atoms with van der Waals surface area (Å²) < 4.78 is 10.3. The summed E-state index contributed by atoms with van der Waals surface area (Å²) in [5.74, 6) is 0.960. The van der Waals surface area contributed by atoms with E-state index in [2.05, 4.69) is 28.8 Å². The third-order valence-electron chi connectivity index (χ3n) is 4.11. The molecule has 6 nitrogen and oxygen atoms in total. The van der Waals surface area contributed by atoms with Crippen molar-refractivity contribution in [3.8, 4) is 0 Å². The predicted octanol–water partition coefficient (Wildman–Crippen LogP) is 1.48. The number of likely N-dealkylation sites (tertiary alicyclic amines) is 1. The van der Waals surface area contributed by atoms with E-state index in [0.29, 0.717) is 18.5 Å². The van der Waals surface area contributed by atoms with Crippen LogP contribution >= 0.6 is 0 Å². The Hall–Kier alpha value is -1.40. The Kier molecular flexibility index (Phi) is 5.00. The van der Waals surface area contributed by atoms with Gasteiger partial charge in [-0.1, -0.05) is 19.0 Å². The van der Waals surface area contributed by atoms with Gasteiger partial charge in [-0.25, -0.2) is 0 Å². The summed E-state index contributed by atoms with van der Waals surface area (Å²) in [6.07, 6.45) is 0.783. The highest BCUT2D eigenvalue weighted by atomic mass is 16.5. The smallest absolute Gasteiger partial charge is 0.323 e. The second kappa shape index (κ2) is 6.58. The third-order valence-corrected chi connectivity index (χ3v) is 4.11. The lowest BCUT2D eigenvalue weighted by Gasteiger charge is -2.21. The van der Waals surface area contributed by atoms with Crippen LogP contribution < -0.4 is 0 Å². The molecule has 1 saturated heterocycles. The molecule has 0 amide bonds. The fraction of sp³-hybridized carbons (Fsp3) is 0.733. The summed E-state index contributed by atoms with van der Waals surface area (Å²) >= 11 is 0. The fourth-order valence-electron chi connectivity index (χ4n) is 2.69. The molecule has 0 bridgehead atoms. The zero-order chi connectivity index (χ0) is 15.6. The topological polar surface area (TPSA) is 58.8 Å². The van der Waals surface area contributed by atoms with Crippen LogP contribution in [-0.4, -0.2) is 60.8 Å². The van der Waals surface area contributed by atoms with Gasteiger partial charge in [0.15, 0.2) is 5.76 Å². The van der Waals surface area contributed by atoms with Crippen LogP contribution in [0.25, 0.3) is 0 Å². The lowest BCUT2D eigenvalue weighted by atomic mass is 10.1. The van der Waals surface area contributed by atoms with E-state index in [-0.39, 0.29) is 12.0 Å². The molecule has 6 heteroatoms. The summed E-state index contributed by atoms with van der Waals surface area (Å²) in [5.41, 5.74) is 0.947. The molecule has 2 heterocycles. The van der Waals surface area contributed by atoms with Gasteiger partial charge in [0, 0.05) is 18.7 Å². The highest BCUT2D eigenvalue weighted by Gasteiger charge is 2.38. The Labute approximate surface area is 126 Å². The summed E-state index contributed by atoms with van der Waals surface area (Å²) in [6.45, 7) is 5.57. The summed E-state index contributed by atoms with van der Waals surface area (Å²) in [4.78, 5) is 16.2. The van der Waals surface area contributed by atoms with Crippen LogP contribution in [0.15, 0.2) is 10.6 Å². The van der Waals surface area contributed by atoms with Gasteiger partial charge in [0.1, 0.15) is 6.04 Å². The minimum absolute atomic E-state index is 0.178. The largest absolute Gasteiger partial charge is 0.468 e. The van der Waals surface area contributed by atoms with Crippen LogP contribution in [0.5, 0.6) is 0 Å². The van der Waals surface area contributed by atoms with Crippen molar-refractivity contribution < 1.29 is 14.1 Å². The second-order valence-corrected chi connectivity index (χ2v) is 6.19. The number of rotatable bonds is 5. The molecule has 0 radical (unpaired) electrons. The van der Waals surface area contributed by atoms with Crippen LogP contribution in [0, 0.1) is 0 Å². The van der Waals surface area contributed by atoms with Crippen LogP contribution in [-0.2, 0) is 16.1 Å². The lowest BCUT2D eigenvalue weighted by molar-refractivity contribution is -0.146. The molecule has 21 heavy (non-hydrogen) atoms. The summed E-state index contributed by atoms with van der Waals surface area (Å²) in [6, 6.07) is 2.11. The van der Waals surface area contributed by atoms with Crippen molar-refractivity contribution in [2.24, 2.45) is 0 Å². The monoisotopic (exact) mass is 295 g/mol.